The van der Waals surface area contributed by atoms with E-state index in [9.17, 15) is 4.79 Å². The number of carbonyl (C=O) groups is 1. The predicted molar refractivity (Wildman–Crippen MR) is 124 cm³/mol. The molecule has 162 valence electrons. The molecule has 0 unspecified atom stereocenters. The van der Waals surface area contributed by atoms with Crippen molar-refractivity contribution in [2.45, 2.75) is 18.4 Å². The van der Waals surface area contributed by atoms with Gasteiger partial charge in [-0.15, -0.1) is 0 Å². The monoisotopic (exact) mass is 427 g/mol. The molecule has 3 aromatic rings. The Morgan fingerprint density at radius 2 is 1.56 bits per heavy atom. The molecule has 0 atom stereocenters. The standard InChI is InChI=1S/C26H25N3O3/c30-25(27-22-13-7-8-14-24(22)31-21-11-5-2-6-12-21)29-17-15-26(16-18-29)19-23(28-32-26)20-9-3-1-4-10-20/h1-14,19,28H,15-18H2,(H,27,30). The van der Waals surface area contributed by atoms with Gasteiger partial charge >= 0.3 is 6.03 Å². The zero-order valence-electron chi connectivity index (χ0n) is 17.7. The zero-order valence-corrected chi connectivity index (χ0v) is 17.7. The van der Waals surface area contributed by atoms with E-state index < -0.39 is 0 Å². The molecule has 2 N–H and O–H groups in total. The van der Waals surface area contributed by atoms with Crippen LogP contribution < -0.4 is 15.5 Å². The number of rotatable bonds is 4. The zero-order chi connectivity index (χ0) is 21.8. The highest BCUT2D eigenvalue weighted by Gasteiger charge is 2.40. The lowest BCUT2D eigenvalue weighted by molar-refractivity contribution is -0.0634. The molecule has 0 saturated carbocycles. The summed E-state index contributed by atoms with van der Waals surface area (Å²) in [7, 11) is 0. The van der Waals surface area contributed by atoms with Crippen molar-refractivity contribution in [2.24, 2.45) is 0 Å². The highest BCUT2D eigenvalue weighted by molar-refractivity contribution is 5.91. The lowest BCUT2D eigenvalue weighted by Gasteiger charge is -2.36. The molecule has 0 bridgehead atoms. The molecule has 1 saturated heterocycles. The summed E-state index contributed by atoms with van der Waals surface area (Å²) in [5, 5.41) is 3.00. The molecular formula is C26H25N3O3. The molecule has 2 aliphatic rings. The smallest absolute Gasteiger partial charge is 0.321 e. The van der Waals surface area contributed by atoms with Crippen molar-refractivity contribution in [2.75, 3.05) is 18.4 Å². The third-order valence-electron chi connectivity index (χ3n) is 5.85. The lowest BCUT2D eigenvalue weighted by atomic mass is 9.90. The first kappa shape index (κ1) is 20.2. The maximum atomic E-state index is 12.9. The number of hydroxylamine groups is 1. The van der Waals surface area contributed by atoms with Crippen LogP contribution in [0.25, 0.3) is 5.70 Å². The highest BCUT2D eigenvalue weighted by atomic mass is 16.7. The summed E-state index contributed by atoms with van der Waals surface area (Å²) in [4.78, 5) is 20.7. The van der Waals surface area contributed by atoms with Crippen LogP contribution in [-0.2, 0) is 4.84 Å². The van der Waals surface area contributed by atoms with Gasteiger partial charge in [-0.2, -0.15) is 0 Å². The molecule has 2 heterocycles. The van der Waals surface area contributed by atoms with E-state index >= 15 is 0 Å². The van der Waals surface area contributed by atoms with Crippen LogP contribution in [0.4, 0.5) is 10.5 Å². The van der Waals surface area contributed by atoms with E-state index in [0.717, 1.165) is 29.9 Å². The molecule has 5 rings (SSSR count). The molecule has 2 aliphatic heterocycles. The summed E-state index contributed by atoms with van der Waals surface area (Å²) < 4.78 is 5.96. The van der Waals surface area contributed by atoms with Crippen molar-refractivity contribution in [3.8, 4) is 11.5 Å². The van der Waals surface area contributed by atoms with Gasteiger partial charge in [0, 0.05) is 25.9 Å². The Balaban J connectivity index is 1.22. The van der Waals surface area contributed by atoms with Gasteiger partial charge in [0.2, 0.25) is 0 Å². The molecule has 0 aliphatic carbocycles. The van der Waals surface area contributed by atoms with Crippen LogP contribution in [0.3, 0.4) is 0 Å². The molecule has 0 radical (unpaired) electrons. The van der Waals surface area contributed by atoms with Gasteiger partial charge in [-0.25, -0.2) is 4.79 Å². The minimum Gasteiger partial charge on any atom is -0.455 e. The number of urea groups is 1. The Morgan fingerprint density at radius 1 is 0.906 bits per heavy atom. The van der Waals surface area contributed by atoms with Crippen LogP contribution in [0.15, 0.2) is 91.0 Å². The average molecular weight is 428 g/mol. The Labute approximate surface area is 187 Å². The van der Waals surface area contributed by atoms with Gasteiger partial charge < -0.3 is 15.0 Å². The van der Waals surface area contributed by atoms with E-state index in [4.69, 9.17) is 9.57 Å². The quantitative estimate of drug-likeness (QED) is 0.584. The number of benzene rings is 3. The number of para-hydroxylation sites is 3. The Bertz CT molecular complexity index is 1110. The van der Waals surface area contributed by atoms with Gasteiger partial charge in [0.15, 0.2) is 5.75 Å². The van der Waals surface area contributed by atoms with Crippen molar-refractivity contribution < 1.29 is 14.4 Å². The summed E-state index contributed by atoms with van der Waals surface area (Å²) in [5.74, 6) is 1.33. The first-order valence-electron chi connectivity index (χ1n) is 10.8. The van der Waals surface area contributed by atoms with E-state index in [1.54, 1.807) is 0 Å². The number of carbonyl (C=O) groups excluding carboxylic acids is 1. The Morgan fingerprint density at radius 3 is 2.31 bits per heavy atom. The predicted octanol–water partition coefficient (Wildman–Crippen LogP) is 5.42. The van der Waals surface area contributed by atoms with Crippen molar-refractivity contribution in [1.82, 2.24) is 10.4 Å². The summed E-state index contributed by atoms with van der Waals surface area (Å²) >= 11 is 0. The SMILES string of the molecule is O=C(Nc1ccccc1Oc1ccccc1)N1CCC2(C=C(c3ccccc3)NO2)CC1. The Hall–Kier alpha value is -3.77. The summed E-state index contributed by atoms with van der Waals surface area (Å²) in [6.45, 7) is 1.21. The van der Waals surface area contributed by atoms with E-state index in [-0.39, 0.29) is 11.6 Å². The van der Waals surface area contributed by atoms with Gasteiger partial charge in [0.05, 0.1) is 11.4 Å². The fourth-order valence-corrected chi connectivity index (χ4v) is 4.04. The largest absolute Gasteiger partial charge is 0.455 e. The van der Waals surface area contributed by atoms with Crippen molar-refractivity contribution in [3.63, 3.8) is 0 Å². The number of nitrogens with one attached hydrogen (secondary N) is 2. The Kier molecular flexibility index (Phi) is 5.52. The molecule has 32 heavy (non-hydrogen) atoms. The minimum absolute atomic E-state index is 0.137. The van der Waals surface area contributed by atoms with Gasteiger partial charge in [0.25, 0.3) is 0 Å². The van der Waals surface area contributed by atoms with Crippen molar-refractivity contribution >= 4 is 17.4 Å². The first-order chi connectivity index (χ1) is 15.7. The highest BCUT2D eigenvalue weighted by Crippen LogP contribution is 2.35. The van der Waals surface area contributed by atoms with Crippen LogP contribution in [-0.4, -0.2) is 29.6 Å². The molecular weight excluding hydrogens is 402 g/mol. The second-order valence-electron chi connectivity index (χ2n) is 8.02. The van der Waals surface area contributed by atoms with Crippen LogP contribution in [0.2, 0.25) is 0 Å². The number of hydrogen-bond donors (Lipinski definition) is 2. The average Bonchev–Trinajstić information content (AvgIpc) is 3.25. The van der Waals surface area contributed by atoms with Crippen LogP contribution in [0, 0.1) is 0 Å². The number of likely N-dealkylation sites (tertiary alicyclic amines) is 1. The molecule has 0 aromatic heterocycles. The van der Waals surface area contributed by atoms with E-state index in [1.165, 1.54) is 0 Å². The minimum atomic E-state index is -0.379. The number of amides is 2. The van der Waals surface area contributed by atoms with E-state index in [1.807, 2.05) is 77.7 Å². The topological polar surface area (TPSA) is 62.8 Å². The maximum Gasteiger partial charge on any atom is 0.321 e. The van der Waals surface area contributed by atoms with Crippen molar-refractivity contribution in [3.05, 3.63) is 96.6 Å². The summed E-state index contributed by atoms with van der Waals surface area (Å²) in [5.41, 5.74) is 5.42. The third kappa shape index (κ3) is 4.31. The number of anilines is 1. The van der Waals surface area contributed by atoms with Gasteiger partial charge in [0.1, 0.15) is 11.4 Å². The van der Waals surface area contributed by atoms with E-state index in [0.29, 0.717) is 24.5 Å². The van der Waals surface area contributed by atoms with Crippen molar-refractivity contribution in [1.29, 1.82) is 0 Å². The molecule has 1 fully saturated rings. The van der Waals surface area contributed by atoms with Crippen LogP contribution in [0.5, 0.6) is 11.5 Å². The third-order valence-corrected chi connectivity index (χ3v) is 5.85. The molecule has 1 spiro atoms. The second kappa shape index (κ2) is 8.77. The number of ether oxygens (including phenoxy) is 1. The second-order valence-corrected chi connectivity index (χ2v) is 8.02. The number of hydrogen-bond acceptors (Lipinski definition) is 4. The fourth-order valence-electron chi connectivity index (χ4n) is 4.04. The fraction of sp³-hybridized carbons (Fsp3) is 0.192. The van der Waals surface area contributed by atoms with Crippen LogP contribution >= 0.6 is 0 Å². The first-order valence-corrected chi connectivity index (χ1v) is 10.8. The normalized spacial score (nSPS) is 16.9. The molecule has 3 aromatic carbocycles. The van der Waals surface area contributed by atoms with Gasteiger partial charge in [-0.1, -0.05) is 60.7 Å². The van der Waals surface area contributed by atoms with E-state index in [2.05, 4.69) is 29.0 Å². The number of nitrogens with zero attached hydrogens (tertiary/aromatic N) is 1. The van der Waals surface area contributed by atoms with Gasteiger partial charge in [-0.05, 0) is 35.9 Å². The number of piperidine rings is 1. The van der Waals surface area contributed by atoms with Crippen LogP contribution in [0.1, 0.15) is 18.4 Å². The maximum absolute atomic E-state index is 12.9. The summed E-state index contributed by atoms with van der Waals surface area (Å²) in [6, 6.07) is 27.0. The van der Waals surface area contributed by atoms with Gasteiger partial charge in [-0.3, -0.25) is 10.3 Å². The molecule has 6 nitrogen and oxygen atoms in total. The molecule has 2 amide bonds. The summed E-state index contributed by atoms with van der Waals surface area (Å²) in [6.07, 6.45) is 3.61. The lowest BCUT2D eigenvalue weighted by Crippen LogP contribution is -2.48. The molecule has 6 heteroatoms.